The molecule has 1 aliphatic rings. The van der Waals surface area contributed by atoms with Crippen molar-refractivity contribution in [2.45, 2.75) is 49.0 Å². The quantitative estimate of drug-likeness (QED) is 0.834. The molecule has 1 unspecified atom stereocenters. The van der Waals surface area contributed by atoms with Gasteiger partial charge in [-0.25, -0.2) is 0 Å². The van der Waals surface area contributed by atoms with Gasteiger partial charge in [0.15, 0.2) is 0 Å². The van der Waals surface area contributed by atoms with Crippen molar-refractivity contribution in [3.8, 4) is 0 Å². The van der Waals surface area contributed by atoms with Crippen LogP contribution in [0.25, 0.3) is 0 Å². The largest absolute Gasteiger partial charge is 0.393 e. The van der Waals surface area contributed by atoms with E-state index in [1.807, 2.05) is 11.8 Å². The number of aliphatic hydroxyl groups excluding tert-OH is 1. The summed E-state index contributed by atoms with van der Waals surface area (Å²) in [5.41, 5.74) is 2.61. The maximum absolute atomic E-state index is 10.6. The van der Waals surface area contributed by atoms with Crippen LogP contribution >= 0.6 is 11.8 Å². The minimum Gasteiger partial charge on any atom is -0.393 e. The Balaban J connectivity index is 2.03. The van der Waals surface area contributed by atoms with Gasteiger partial charge in [-0.15, -0.1) is 0 Å². The topological polar surface area (TPSA) is 20.2 Å². The molecule has 2 aromatic carbocycles. The van der Waals surface area contributed by atoms with Crippen LogP contribution in [0.2, 0.25) is 0 Å². The van der Waals surface area contributed by atoms with Crippen LogP contribution in [0.5, 0.6) is 0 Å². The molecule has 1 heterocycles. The summed E-state index contributed by atoms with van der Waals surface area (Å²) in [4.78, 5) is 2.64. The molecule has 110 valence electrons. The summed E-state index contributed by atoms with van der Waals surface area (Å²) in [6, 6.07) is 17.2. The summed E-state index contributed by atoms with van der Waals surface area (Å²) in [6.07, 6.45) is 0.463. The third-order valence-corrected chi connectivity index (χ3v) is 5.45. The van der Waals surface area contributed by atoms with Gasteiger partial charge in [-0.05, 0) is 35.1 Å². The zero-order valence-corrected chi connectivity index (χ0v) is 13.7. The second-order valence-electron chi connectivity index (χ2n) is 6.85. The molecule has 0 fully saturated rings. The predicted molar refractivity (Wildman–Crippen MR) is 88.9 cm³/mol. The van der Waals surface area contributed by atoms with E-state index in [0.717, 1.165) is 6.42 Å². The molecule has 1 aliphatic heterocycles. The van der Waals surface area contributed by atoms with Gasteiger partial charge in [-0.3, -0.25) is 0 Å². The number of benzene rings is 2. The van der Waals surface area contributed by atoms with Crippen LogP contribution in [0, 0.1) is 5.41 Å². The lowest BCUT2D eigenvalue weighted by Crippen LogP contribution is -2.28. The molecule has 21 heavy (non-hydrogen) atoms. The standard InChI is InChI=1S/C19H22OS/c1-19(2,3)18(20)12-15-13-8-4-6-10-16(13)21-17-11-7-5-9-14(15)17/h4-11,15,18,20H,12H2,1-3H3. The first-order valence-electron chi connectivity index (χ1n) is 7.50. The third-order valence-electron chi connectivity index (χ3n) is 4.27. The monoisotopic (exact) mass is 298 g/mol. The van der Waals surface area contributed by atoms with Crippen molar-refractivity contribution in [2.75, 3.05) is 0 Å². The van der Waals surface area contributed by atoms with Gasteiger partial charge >= 0.3 is 0 Å². The Hall–Kier alpha value is -1.25. The van der Waals surface area contributed by atoms with Gasteiger partial charge in [-0.2, -0.15) is 0 Å². The molecule has 0 amide bonds. The minimum atomic E-state index is -0.313. The van der Waals surface area contributed by atoms with E-state index in [0.29, 0.717) is 0 Å². The Labute approximate surface area is 131 Å². The average molecular weight is 298 g/mol. The molecule has 0 saturated heterocycles. The summed E-state index contributed by atoms with van der Waals surface area (Å²) >= 11 is 1.84. The SMILES string of the molecule is CC(C)(C)C(O)CC1c2ccccc2Sc2ccccc21. The second-order valence-corrected chi connectivity index (χ2v) is 7.93. The maximum Gasteiger partial charge on any atom is 0.0597 e. The molecule has 0 radical (unpaired) electrons. The lowest BCUT2D eigenvalue weighted by molar-refractivity contribution is 0.0518. The van der Waals surface area contributed by atoms with Gasteiger partial charge in [0.1, 0.15) is 0 Å². The molecule has 0 saturated carbocycles. The van der Waals surface area contributed by atoms with E-state index in [9.17, 15) is 5.11 Å². The first kappa shape index (κ1) is 14.7. The highest BCUT2D eigenvalue weighted by molar-refractivity contribution is 7.99. The third kappa shape index (κ3) is 2.88. The van der Waals surface area contributed by atoms with E-state index in [1.54, 1.807) is 0 Å². The van der Waals surface area contributed by atoms with Crippen molar-refractivity contribution in [3.63, 3.8) is 0 Å². The molecule has 0 aromatic heterocycles. The van der Waals surface area contributed by atoms with E-state index in [1.165, 1.54) is 20.9 Å². The maximum atomic E-state index is 10.6. The zero-order chi connectivity index (χ0) is 15.0. The van der Waals surface area contributed by atoms with Crippen LogP contribution < -0.4 is 0 Å². The Morgan fingerprint density at radius 3 is 1.90 bits per heavy atom. The van der Waals surface area contributed by atoms with Gasteiger partial charge in [0.05, 0.1) is 6.10 Å². The normalized spacial score (nSPS) is 16.2. The Kier molecular flexibility index (Phi) is 3.85. The predicted octanol–water partition coefficient (Wildman–Crippen LogP) is 5.08. The molecule has 0 bridgehead atoms. The molecular weight excluding hydrogens is 276 g/mol. The fraction of sp³-hybridized carbons (Fsp3) is 0.368. The summed E-state index contributed by atoms with van der Waals surface area (Å²) < 4.78 is 0. The highest BCUT2D eigenvalue weighted by atomic mass is 32.2. The van der Waals surface area contributed by atoms with E-state index in [4.69, 9.17) is 0 Å². The lowest BCUT2D eigenvalue weighted by atomic mass is 9.79. The summed E-state index contributed by atoms with van der Waals surface area (Å²) in [5, 5.41) is 10.6. The van der Waals surface area contributed by atoms with Gasteiger partial charge in [0, 0.05) is 15.7 Å². The van der Waals surface area contributed by atoms with Crippen molar-refractivity contribution in [3.05, 3.63) is 59.7 Å². The zero-order valence-electron chi connectivity index (χ0n) is 12.8. The molecule has 1 N–H and O–H groups in total. The minimum absolute atomic E-state index is 0.0888. The van der Waals surface area contributed by atoms with Crippen molar-refractivity contribution in [1.29, 1.82) is 0 Å². The number of fused-ring (bicyclic) bond motifs is 2. The molecule has 1 nitrogen and oxygen atoms in total. The van der Waals surface area contributed by atoms with Gasteiger partial charge < -0.3 is 5.11 Å². The molecule has 0 spiro atoms. The van der Waals surface area contributed by atoms with Crippen LogP contribution in [-0.2, 0) is 0 Å². The Morgan fingerprint density at radius 2 is 1.43 bits per heavy atom. The van der Waals surface area contributed by atoms with Crippen molar-refractivity contribution in [1.82, 2.24) is 0 Å². The lowest BCUT2D eigenvalue weighted by Gasteiger charge is -2.33. The smallest absolute Gasteiger partial charge is 0.0597 e. The Morgan fingerprint density at radius 1 is 0.952 bits per heavy atom. The van der Waals surface area contributed by atoms with Gasteiger partial charge in [-0.1, -0.05) is 68.9 Å². The molecule has 0 aliphatic carbocycles. The molecular formula is C19H22OS. The van der Waals surface area contributed by atoms with Crippen LogP contribution in [0.15, 0.2) is 58.3 Å². The number of rotatable bonds is 2. The summed E-state index contributed by atoms with van der Waals surface area (Å²) in [7, 11) is 0. The Bertz CT molecular complexity index is 597. The molecule has 2 aromatic rings. The first-order valence-corrected chi connectivity index (χ1v) is 8.32. The fourth-order valence-electron chi connectivity index (χ4n) is 2.84. The second kappa shape index (κ2) is 5.51. The van der Waals surface area contributed by atoms with Crippen molar-refractivity contribution >= 4 is 11.8 Å². The van der Waals surface area contributed by atoms with Crippen LogP contribution in [0.1, 0.15) is 44.2 Å². The fourth-order valence-corrected chi connectivity index (χ4v) is 4.03. The van der Waals surface area contributed by atoms with Crippen LogP contribution in [-0.4, -0.2) is 11.2 Å². The summed E-state index contributed by atoms with van der Waals surface area (Å²) in [6.45, 7) is 6.31. The van der Waals surface area contributed by atoms with E-state index >= 15 is 0 Å². The molecule has 1 atom stereocenters. The van der Waals surface area contributed by atoms with Crippen LogP contribution in [0.3, 0.4) is 0 Å². The average Bonchev–Trinajstić information content (AvgIpc) is 2.46. The van der Waals surface area contributed by atoms with Crippen LogP contribution in [0.4, 0.5) is 0 Å². The number of aliphatic hydroxyl groups is 1. The van der Waals surface area contributed by atoms with E-state index in [-0.39, 0.29) is 17.4 Å². The summed E-state index contributed by atoms with van der Waals surface area (Å²) in [5.74, 6) is 0.285. The van der Waals surface area contributed by atoms with Gasteiger partial charge in [0.2, 0.25) is 0 Å². The molecule has 3 rings (SSSR count). The highest BCUT2D eigenvalue weighted by Crippen LogP contribution is 2.48. The van der Waals surface area contributed by atoms with E-state index in [2.05, 4.69) is 69.3 Å². The molecule has 2 heteroatoms. The number of hydrogen-bond acceptors (Lipinski definition) is 2. The highest BCUT2D eigenvalue weighted by Gasteiger charge is 2.31. The van der Waals surface area contributed by atoms with E-state index < -0.39 is 0 Å². The van der Waals surface area contributed by atoms with Crippen molar-refractivity contribution < 1.29 is 5.11 Å². The van der Waals surface area contributed by atoms with Crippen molar-refractivity contribution in [2.24, 2.45) is 5.41 Å². The van der Waals surface area contributed by atoms with Gasteiger partial charge in [0.25, 0.3) is 0 Å². The number of hydrogen-bond donors (Lipinski definition) is 1. The first-order chi connectivity index (χ1) is 9.97.